The molecule has 0 radical (unpaired) electrons. The predicted molar refractivity (Wildman–Crippen MR) is 104 cm³/mol. The van der Waals surface area contributed by atoms with Crippen molar-refractivity contribution in [2.24, 2.45) is 4.99 Å². The highest BCUT2D eigenvalue weighted by atomic mass is 35.5. The van der Waals surface area contributed by atoms with E-state index in [-0.39, 0.29) is 28.5 Å². The number of ether oxygens (including phenoxy) is 1. The highest BCUT2D eigenvalue weighted by Crippen LogP contribution is 2.39. The Morgan fingerprint density at radius 3 is 2.67 bits per heavy atom. The first-order chi connectivity index (χ1) is 12.8. The van der Waals surface area contributed by atoms with Crippen LogP contribution in [0.5, 0.6) is 0 Å². The molecule has 3 rings (SSSR count). The smallest absolute Gasteiger partial charge is 0.266 e. The monoisotopic (exact) mass is 411 g/mol. The van der Waals surface area contributed by atoms with Crippen LogP contribution < -0.4 is 10.0 Å². The molecule has 2 aromatic carbocycles. The van der Waals surface area contributed by atoms with Gasteiger partial charge in [0.05, 0.1) is 23.4 Å². The number of sulfonamides is 1. The van der Waals surface area contributed by atoms with Crippen LogP contribution in [0.4, 0.5) is 10.1 Å². The zero-order chi connectivity index (χ0) is 19.6. The van der Waals surface area contributed by atoms with Gasteiger partial charge in [0, 0.05) is 17.7 Å². The predicted octanol–water partition coefficient (Wildman–Crippen LogP) is 3.63. The van der Waals surface area contributed by atoms with Crippen LogP contribution in [0.2, 0.25) is 5.02 Å². The molecule has 0 saturated heterocycles. The summed E-state index contributed by atoms with van der Waals surface area (Å²) < 4.78 is 46.9. The Bertz CT molecular complexity index is 995. The van der Waals surface area contributed by atoms with Gasteiger partial charge in [-0.3, -0.25) is 0 Å². The average molecular weight is 412 g/mol. The van der Waals surface area contributed by atoms with Gasteiger partial charge in [-0.2, -0.15) is 0 Å². The zero-order valence-corrected chi connectivity index (χ0v) is 16.4. The van der Waals surface area contributed by atoms with E-state index in [1.807, 2.05) is 13.8 Å². The molecule has 2 N–H and O–H groups in total. The summed E-state index contributed by atoms with van der Waals surface area (Å²) in [5, 5.41) is 2.91. The van der Waals surface area contributed by atoms with Crippen molar-refractivity contribution in [3.63, 3.8) is 0 Å². The third-order valence-electron chi connectivity index (χ3n) is 3.99. The maximum atomic E-state index is 13.9. The average Bonchev–Trinajstić information content (AvgIpc) is 2.62. The molecule has 0 aromatic heterocycles. The third-order valence-corrected chi connectivity index (χ3v) is 5.76. The summed E-state index contributed by atoms with van der Waals surface area (Å²) in [5.74, 6) is -0.503. The molecule has 27 heavy (non-hydrogen) atoms. The summed E-state index contributed by atoms with van der Waals surface area (Å²) in [6.07, 6.45) is -0.164. The number of anilines is 1. The lowest BCUT2D eigenvalue weighted by atomic mass is 10.0. The Morgan fingerprint density at radius 2 is 1.93 bits per heavy atom. The van der Waals surface area contributed by atoms with Gasteiger partial charge in [-0.15, -0.1) is 0 Å². The number of nitrogens with zero attached hydrogens (tertiary/aromatic N) is 1. The maximum Gasteiger partial charge on any atom is 0.266 e. The summed E-state index contributed by atoms with van der Waals surface area (Å²) in [4.78, 5) is 4.29. The summed E-state index contributed by atoms with van der Waals surface area (Å²) in [6.45, 7) is 4.53. The Balaban J connectivity index is 2.06. The van der Waals surface area contributed by atoms with Crippen LogP contribution in [0, 0.1) is 5.82 Å². The van der Waals surface area contributed by atoms with Crippen LogP contribution in [0.25, 0.3) is 11.1 Å². The number of rotatable bonds is 5. The molecule has 6 nitrogen and oxygen atoms in total. The van der Waals surface area contributed by atoms with Crippen molar-refractivity contribution >= 4 is 33.3 Å². The fraction of sp³-hybridized carbons (Fsp3) is 0.278. The van der Waals surface area contributed by atoms with Crippen molar-refractivity contribution < 1.29 is 17.5 Å². The Labute approximate surface area is 162 Å². The molecule has 9 heteroatoms. The molecule has 1 aliphatic heterocycles. The topological polar surface area (TPSA) is 79.8 Å². The minimum atomic E-state index is -3.83. The van der Waals surface area contributed by atoms with Crippen molar-refractivity contribution in [3.8, 4) is 11.1 Å². The molecule has 1 unspecified atom stereocenters. The van der Waals surface area contributed by atoms with Gasteiger partial charge >= 0.3 is 0 Å². The van der Waals surface area contributed by atoms with Gasteiger partial charge in [-0.1, -0.05) is 35.9 Å². The van der Waals surface area contributed by atoms with Crippen LogP contribution in [0.3, 0.4) is 0 Å². The van der Waals surface area contributed by atoms with Crippen molar-refractivity contribution in [1.29, 1.82) is 0 Å². The van der Waals surface area contributed by atoms with E-state index in [0.29, 0.717) is 23.4 Å². The fourth-order valence-electron chi connectivity index (χ4n) is 2.78. The second-order valence-corrected chi connectivity index (χ2v) is 7.99. The molecule has 0 spiro atoms. The molecule has 1 atom stereocenters. The molecule has 0 amide bonds. The van der Waals surface area contributed by atoms with E-state index in [1.165, 1.54) is 18.2 Å². The van der Waals surface area contributed by atoms with Gasteiger partial charge in [0.25, 0.3) is 10.0 Å². The van der Waals surface area contributed by atoms with Gasteiger partial charge < -0.3 is 10.1 Å². The van der Waals surface area contributed by atoms with Crippen LogP contribution in [0.15, 0.2) is 46.3 Å². The Morgan fingerprint density at radius 1 is 1.22 bits per heavy atom. The van der Waals surface area contributed by atoms with Gasteiger partial charge in [0.1, 0.15) is 10.7 Å². The minimum absolute atomic E-state index is 0.0390. The lowest BCUT2D eigenvalue weighted by Gasteiger charge is -2.24. The van der Waals surface area contributed by atoms with E-state index in [2.05, 4.69) is 15.0 Å². The van der Waals surface area contributed by atoms with Crippen LogP contribution >= 0.6 is 11.6 Å². The van der Waals surface area contributed by atoms with Crippen molar-refractivity contribution in [2.45, 2.75) is 24.8 Å². The van der Waals surface area contributed by atoms with E-state index in [9.17, 15) is 12.8 Å². The number of para-hydroxylation sites is 1. The molecule has 1 aliphatic rings. The second-order valence-electron chi connectivity index (χ2n) is 5.97. The largest absolute Gasteiger partial charge is 0.377 e. The van der Waals surface area contributed by atoms with E-state index in [0.717, 1.165) is 0 Å². The standard InChI is InChI=1S/C18H19ClFN3O3S/c1-3-26-11(2)10-21-18-22-17-13(12-6-4-8-14(20)16(12)19)7-5-9-15(17)27(24,25)23-18/h4-9,11H,3,10H2,1-2H3,(H2,21,22,23). The van der Waals surface area contributed by atoms with E-state index < -0.39 is 15.8 Å². The molecule has 2 aromatic rings. The van der Waals surface area contributed by atoms with E-state index in [1.54, 1.807) is 18.2 Å². The SMILES string of the molecule is CCOC(C)CN=C1Nc2c(-c3cccc(F)c3Cl)cccc2S(=O)(=O)N1. The number of guanidine groups is 1. The van der Waals surface area contributed by atoms with Crippen LogP contribution in [0.1, 0.15) is 13.8 Å². The summed E-state index contributed by atoms with van der Waals surface area (Å²) in [5.41, 5.74) is 1.15. The first-order valence-corrected chi connectivity index (χ1v) is 10.2. The molecule has 1 heterocycles. The minimum Gasteiger partial charge on any atom is -0.377 e. The number of hydrogen-bond donors (Lipinski definition) is 2. The summed E-state index contributed by atoms with van der Waals surface area (Å²) in [7, 11) is -3.83. The number of halogens is 2. The van der Waals surface area contributed by atoms with Gasteiger partial charge in [0.2, 0.25) is 5.96 Å². The third kappa shape index (κ3) is 4.07. The van der Waals surface area contributed by atoms with Crippen LogP contribution in [-0.2, 0) is 14.8 Å². The number of hydrogen-bond acceptors (Lipinski definition) is 4. The molecule has 0 bridgehead atoms. The lowest BCUT2D eigenvalue weighted by Crippen LogP contribution is -2.41. The van der Waals surface area contributed by atoms with E-state index >= 15 is 0 Å². The zero-order valence-electron chi connectivity index (χ0n) is 14.8. The number of fused-ring (bicyclic) bond motifs is 1. The Kier molecular flexibility index (Phi) is 5.69. The normalized spacial score (nSPS) is 17.7. The molecule has 0 fully saturated rings. The van der Waals surface area contributed by atoms with Gasteiger partial charge in [0.15, 0.2) is 0 Å². The molecule has 0 saturated carbocycles. The number of aliphatic imine (C=N–C) groups is 1. The van der Waals surface area contributed by atoms with Crippen molar-refractivity contribution in [3.05, 3.63) is 47.2 Å². The van der Waals surface area contributed by atoms with Gasteiger partial charge in [-0.25, -0.2) is 22.5 Å². The van der Waals surface area contributed by atoms with Crippen molar-refractivity contribution in [2.75, 3.05) is 18.5 Å². The second kappa shape index (κ2) is 7.84. The lowest BCUT2D eigenvalue weighted by molar-refractivity contribution is 0.0829. The number of benzene rings is 2. The quantitative estimate of drug-likeness (QED) is 0.787. The Hall–Kier alpha value is -2.16. The highest BCUT2D eigenvalue weighted by Gasteiger charge is 2.29. The fourth-order valence-corrected chi connectivity index (χ4v) is 4.17. The van der Waals surface area contributed by atoms with Gasteiger partial charge in [-0.05, 0) is 26.0 Å². The van der Waals surface area contributed by atoms with E-state index in [4.69, 9.17) is 16.3 Å². The summed E-state index contributed by atoms with van der Waals surface area (Å²) >= 11 is 6.10. The number of nitrogens with one attached hydrogen (secondary N) is 2. The maximum absolute atomic E-state index is 13.9. The molecular weight excluding hydrogens is 393 g/mol. The first kappa shape index (κ1) is 19.6. The molecular formula is C18H19ClFN3O3S. The summed E-state index contributed by atoms with van der Waals surface area (Å²) in [6, 6.07) is 9.11. The molecule has 0 aliphatic carbocycles. The van der Waals surface area contributed by atoms with Crippen molar-refractivity contribution in [1.82, 2.24) is 4.72 Å². The highest BCUT2D eigenvalue weighted by molar-refractivity contribution is 7.90. The molecule has 144 valence electrons. The van der Waals surface area contributed by atoms with Crippen LogP contribution in [-0.4, -0.2) is 33.6 Å². The first-order valence-electron chi connectivity index (χ1n) is 8.36.